The lowest BCUT2D eigenvalue weighted by atomic mass is 10.1. The highest BCUT2D eigenvalue weighted by molar-refractivity contribution is 7.21. The Morgan fingerprint density at radius 3 is 2.68 bits per heavy atom. The van der Waals surface area contributed by atoms with Crippen LogP contribution in [-0.2, 0) is 0 Å². The number of nitrogens with one attached hydrogen (secondary N) is 1. The van der Waals surface area contributed by atoms with Gasteiger partial charge in [-0.2, -0.15) is 5.10 Å². The molecule has 2 heterocycles. The van der Waals surface area contributed by atoms with E-state index in [-0.39, 0.29) is 5.75 Å². The largest absolute Gasteiger partial charge is 0.507 e. The van der Waals surface area contributed by atoms with Gasteiger partial charge in [0.05, 0.1) is 11.1 Å². The van der Waals surface area contributed by atoms with E-state index in [1.807, 2.05) is 43.3 Å². The number of nitrogens with zero attached hydrogens (tertiary/aromatic N) is 3. The van der Waals surface area contributed by atoms with Crippen LogP contribution in [0.15, 0.2) is 59.7 Å². The number of aromatic hydroxyl groups is 1. The molecule has 0 aliphatic heterocycles. The molecule has 2 aromatic carbocycles. The number of hydrazone groups is 1. The third kappa shape index (κ3) is 3.57. The van der Waals surface area contributed by atoms with Gasteiger partial charge in [-0.1, -0.05) is 30.3 Å². The van der Waals surface area contributed by atoms with Gasteiger partial charge in [0.25, 0.3) is 0 Å². The monoisotopic (exact) mass is 392 g/mol. The van der Waals surface area contributed by atoms with Crippen molar-refractivity contribution in [2.24, 2.45) is 5.10 Å². The van der Waals surface area contributed by atoms with Gasteiger partial charge in [0.15, 0.2) is 5.82 Å². The predicted molar refractivity (Wildman–Crippen MR) is 111 cm³/mol. The second kappa shape index (κ2) is 7.36. The Morgan fingerprint density at radius 1 is 1.11 bits per heavy atom. The average molecular weight is 392 g/mol. The van der Waals surface area contributed by atoms with E-state index in [4.69, 9.17) is 0 Å². The van der Waals surface area contributed by atoms with Crippen molar-refractivity contribution < 1.29 is 9.50 Å². The standard InChI is InChI=1S/C21H17FN4OS/c1-12(16-10-15(22)8-9-18(16)27)25-26-20-17-11-19(14-6-4-3-5-7-14)28-21(17)24-13(2)23-20/h3-11,27H,1-2H3,(H,23,24,26)/b25-12+. The molecule has 0 saturated carbocycles. The van der Waals surface area contributed by atoms with Gasteiger partial charge >= 0.3 is 0 Å². The molecule has 2 N–H and O–H groups in total. The van der Waals surface area contributed by atoms with Gasteiger partial charge < -0.3 is 5.11 Å². The first-order chi connectivity index (χ1) is 13.5. The van der Waals surface area contributed by atoms with Crippen LogP contribution in [0.4, 0.5) is 10.2 Å². The molecule has 0 saturated heterocycles. The molecular weight excluding hydrogens is 375 g/mol. The molecule has 0 aliphatic rings. The molecule has 0 atom stereocenters. The second-order valence-corrected chi connectivity index (χ2v) is 7.32. The average Bonchev–Trinajstić information content (AvgIpc) is 3.12. The number of aromatic nitrogens is 2. The number of benzene rings is 2. The van der Waals surface area contributed by atoms with E-state index in [1.54, 1.807) is 18.3 Å². The Balaban J connectivity index is 1.72. The van der Waals surface area contributed by atoms with Crippen LogP contribution in [0.25, 0.3) is 20.7 Å². The van der Waals surface area contributed by atoms with Crippen molar-refractivity contribution in [3.8, 4) is 16.2 Å². The zero-order valence-corrected chi connectivity index (χ0v) is 16.1. The zero-order chi connectivity index (χ0) is 19.7. The van der Waals surface area contributed by atoms with E-state index < -0.39 is 5.82 Å². The summed E-state index contributed by atoms with van der Waals surface area (Å²) in [7, 11) is 0. The maximum absolute atomic E-state index is 13.5. The van der Waals surface area contributed by atoms with Crippen LogP contribution in [0.3, 0.4) is 0 Å². The summed E-state index contributed by atoms with van der Waals surface area (Å²) in [6, 6.07) is 15.8. The molecular formula is C21H17FN4OS. The van der Waals surface area contributed by atoms with Gasteiger partial charge in [-0.05, 0) is 43.7 Å². The molecule has 4 aromatic rings. The van der Waals surface area contributed by atoms with E-state index >= 15 is 0 Å². The molecule has 7 heteroatoms. The highest BCUT2D eigenvalue weighted by atomic mass is 32.1. The molecule has 5 nitrogen and oxygen atoms in total. The summed E-state index contributed by atoms with van der Waals surface area (Å²) >= 11 is 1.58. The lowest BCUT2D eigenvalue weighted by Crippen LogP contribution is -2.03. The summed E-state index contributed by atoms with van der Waals surface area (Å²) in [6.07, 6.45) is 0. The van der Waals surface area contributed by atoms with Crippen LogP contribution in [0, 0.1) is 12.7 Å². The van der Waals surface area contributed by atoms with E-state index in [1.165, 1.54) is 18.2 Å². The summed E-state index contributed by atoms with van der Waals surface area (Å²) in [5.41, 5.74) is 4.83. The first-order valence-corrected chi connectivity index (χ1v) is 9.46. The molecule has 0 fully saturated rings. The quantitative estimate of drug-likeness (QED) is 0.363. The predicted octanol–water partition coefficient (Wildman–Crippen LogP) is 5.35. The fourth-order valence-electron chi connectivity index (χ4n) is 2.85. The number of halogens is 1. The summed E-state index contributed by atoms with van der Waals surface area (Å²) in [5, 5.41) is 15.1. The Labute approximate surface area is 165 Å². The van der Waals surface area contributed by atoms with Crippen LogP contribution < -0.4 is 5.43 Å². The molecule has 0 amide bonds. The third-order valence-electron chi connectivity index (χ3n) is 4.24. The Kier molecular flexibility index (Phi) is 4.75. The van der Waals surface area contributed by atoms with E-state index in [9.17, 15) is 9.50 Å². The molecule has 0 unspecified atom stereocenters. The van der Waals surface area contributed by atoms with Gasteiger partial charge in [0.1, 0.15) is 22.2 Å². The number of fused-ring (bicyclic) bond motifs is 1. The van der Waals surface area contributed by atoms with E-state index in [0.717, 1.165) is 20.7 Å². The molecule has 0 spiro atoms. The van der Waals surface area contributed by atoms with Crippen LogP contribution in [0.5, 0.6) is 5.75 Å². The smallest absolute Gasteiger partial charge is 0.158 e. The highest BCUT2D eigenvalue weighted by Gasteiger charge is 2.12. The van der Waals surface area contributed by atoms with Gasteiger partial charge in [-0.3, -0.25) is 5.43 Å². The van der Waals surface area contributed by atoms with Crippen LogP contribution in [-0.4, -0.2) is 20.8 Å². The van der Waals surface area contributed by atoms with Crippen molar-refractivity contribution in [2.45, 2.75) is 13.8 Å². The first-order valence-electron chi connectivity index (χ1n) is 8.64. The molecule has 0 aliphatic carbocycles. The number of thiophene rings is 1. The number of hydrogen-bond donors (Lipinski definition) is 2. The normalized spacial score (nSPS) is 11.8. The van der Waals surface area contributed by atoms with Gasteiger partial charge in [0.2, 0.25) is 0 Å². The van der Waals surface area contributed by atoms with Crippen molar-refractivity contribution in [1.82, 2.24) is 9.97 Å². The van der Waals surface area contributed by atoms with Crippen molar-refractivity contribution in [2.75, 3.05) is 5.43 Å². The minimum atomic E-state index is -0.437. The van der Waals surface area contributed by atoms with Crippen LogP contribution in [0.1, 0.15) is 18.3 Å². The highest BCUT2D eigenvalue weighted by Crippen LogP contribution is 2.35. The number of phenols is 1. The van der Waals surface area contributed by atoms with E-state index in [0.29, 0.717) is 22.9 Å². The summed E-state index contributed by atoms with van der Waals surface area (Å²) in [5.74, 6) is 0.720. The third-order valence-corrected chi connectivity index (χ3v) is 5.32. The lowest BCUT2D eigenvalue weighted by molar-refractivity contribution is 0.472. The van der Waals surface area contributed by atoms with Gasteiger partial charge in [0, 0.05) is 10.4 Å². The Morgan fingerprint density at radius 2 is 1.89 bits per heavy atom. The fourth-order valence-corrected chi connectivity index (χ4v) is 3.94. The van der Waals surface area contributed by atoms with Crippen LogP contribution in [0.2, 0.25) is 0 Å². The van der Waals surface area contributed by atoms with Crippen molar-refractivity contribution >= 4 is 33.1 Å². The van der Waals surface area contributed by atoms with Crippen molar-refractivity contribution in [3.05, 3.63) is 71.8 Å². The van der Waals surface area contributed by atoms with Crippen molar-refractivity contribution in [3.63, 3.8) is 0 Å². The number of aryl methyl sites for hydroxylation is 1. The topological polar surface area (TPSA) is 70.4 Å². The maximum atomic E-state index is 13.5. The minimum absolute atomic E-state index is 0.0321. The SMILES string of the molecule is C/C(=N\Nc1nc(C)nc2sc(-c3ccccc3)cc12)c1cc(F)ccc1O. The molecule has 0 radical (unpaired) electrons. The van der Waals surface area contributed by atoms with Gasteiger partial charge in [-0.25, -0.2) is 14.4 Å². The Hall–Kier alpha value is -3.32. The van der Waals surface area contributed by atoms with E-state index in [2.05, 4.69) is 20.5 Å². The molecule has 2 aromatic heterocycles. The summed E-state index contributed by atoms with van der Waals surface area (Å²) in [6.45, 7) is 3.51. The number of phenolic OH excluding ortho intramolecular Hbond substituents is 1. The Bertz CT molecular complexity index is 1190. The lowest BCUT2D eigenvalue weighted by Gasteiger charge is -2.06. The molecule has 140 valence electrons. The summed E-state index contributed by atoms with van der Waals surface area (Å²) < 4.78 is 13.5. The molecule has 4 rings (SSSR count). The second-order valence-electron chi connectivity index (χ2n) is 6.29. The summed E-state index contributed by atoms with van der Waals surface area (Å²) in [4.78, 5) is 10.9. The molecule has 0 bridgehead atoms. The van der Waals surface area contributed by atoms with Crippen LogP contribution >= 0.6 is 11.3 Å². The van der Waals surface area contributed by atoms with Gasteiger partial charge in [-0.15, -0.1) is 11.3 Å². The number of hydrogen-bond acceptors (Lipinski definition) is 6. The minimum Gasteiger partial charge on any atom is -0.507 e. The number of anilines is 1. The van der Waals surface area contributed by atoms with Crippen molar-refractivity contribution in [1.29, 1.82) is 0 Å². The first kappa shape index (κ1) is 18.1. The maximum Gasteiger partial charge on any atom is 0.158 e. The fraction of sp³-hybridized carbons (Fsp3) is 0.0952. The zero-order valence-electron chi connectivity index (χ0n) is 15.3. The number of rotatable bonds is 4. The molecule has 28 heavy (non-hydrogen) atoms.